The monoisotopic (exact) mass is 300 g/mol. The summed E-state index contributed by atoms with van der Waals surface area (Å²) < 4.78 is 10.2. The molecular formula is C16H16N2O4. The molecule has 2 aromatic rings. The molecule has 0 radical (unpaired) electrons. The van der Waals surface area contributed by atoms with E-state index in [9.17, 15) is 9.59 Å². The van der Waals surface area contributed by atoms with Crippen LogP contribution in [-0.2, 0) is 22.5 Å². The van der Waals surface area contributed by atoms with Crippen molar-refractivity contribution in [3.8, 4) is 0 Å². The molecule has 6 heteroatoms. The van der Waals surface area contributed by atoms with Crippen molar-refractivity contribution >= 4 is 11.9 Å². The van der Waals surface area contributed by atoms with Crippen molar-refractivity contribution in [1.29, 1.82) is 0 Å². The zero-order valence-corrected chi connectivity index (χ0v) is 12.2. The van der Waals surface area contributed by atoms with Gasteiger partial charge in [-0.3, -0.25) is 4.79 Å². The number of aromatic nitrogens is 1. The molecule has 1 unspecified atom stereocenters. The lowest BCUT2D eigenvalue weighted by molar-refractivity contribution is -0.149. The number of carbonyl (C=O) groups is 2. The first-order valence-electron chi connectivity index (χ1n) is 7.13. The molecule has 1 aromatic carbocycles. The van der Waals surface area contributed by atoms with E-state index in [1.54, 1.807) is 6.92 Å². The molecule has 0 saturated carbocycles. The van der Waals surface area contributed by atoms with E-state index in [4.69, 9.17) is 9.15 Å². The van der Waals surface area contributed by atoms with Crippen LogP contribution in [0.5, 0.6) is 0 Å². The maximum atomic E-state index is 12.6. The van der Waals surface area contributed by atoms with E-state index in [-0.39, 0.29) is 18.3 Å². The standard InChI is InChI=1S/C16H16N2O4/c1-2-21-16(20)13-7-11-5-3-4-6-12(11)9-18(13)15(19)14-8-17-10-22-14/h3-6,8,10,13H,2,7,9H2,1H3. The van der Waals surface area contributed by atoms with Gasteiger partial charge in [-0.1, -0.05) is 24.3 Å². The Hall–Kier alpha value is -2.63. The van der Waals surface area contributed by atoms with Crippen LogP contribution in [-0.4, -0.2) is 34.4 Å². The molecule has 0 spiro atoms. The van der Waals surface area contributed by atoms with Crippen LogP contribution in [0.3, 0.4) is 0 Å². The SMILES string of the molecule is CCOC(=O)C1Cc2ccccc2CN1C(=O)c1cnco1. The number of amides is 1. The lowest BCUT2D eigenvalue weighted by Crippen LogP contribution is -2.49. The number of ether oxygens (including phenoxy) is 1. The second kappa shape index (κ2) is 6.01. The summed E-state index contributed by atoms with van der Waals surface area (Å²) in [6, 6.07) is 7.12. The Bertz CT molecular complexity index is 681. The maximum Gasteiger partial charge on any atom is 0.329 e. The Kier molecular flexibility index (Phi) is 3.91. The van der Waals surface area contributed by atoms with Crippen LogP contribution >= 0.6 is 0 Å². The third-order valence-corrected chi connectivity index (χ3v) is 3.71. The van der Waals surface area contributed by atoms with Gasteiger partial charge in [0, 0.05) is 13.0 Å². The van der Waals surface area contributed by atoms with Gasteiger partial charge in [-0.15, -0.1) is 0 Å². The van der Waals surface area contributed by atoms with E-state index >= 15 is 0 Å². The zero-order chi connectivity index (χ0) is 15.5. The van der Waals surface area contributed by atoms with Gasteiger partial charge < -0.3 is 14.1 Å². The Morgan fingerprint density at radius 1 is 1.36 bits per heavy atom. The summed E-state index contributed by atoms with van der Waals surface area (Å²) in [6.07, 6.45) is 2.99. The molecule has 0 N–H and O–H groups in total. The van der Waals surface area contributed by atoms with E-state index < -0.39 is 12.0 Å². The second-order valence-corrected chi connectivity index (χ2v) is 5.04. The summed E-state index contributed by atoms with van der Waals surface area (Å²) in [5.41, 5.74) is 2.08. The van der Waals surface area contributed by atoms with Crippen LogP contribution in [0.15, 0.2) is 41.3 Å². The molecule has 1 aliphatic heterocycles. The fourth-order valence-corrected chi connectivity index (χ4v) is 2.65. The molecule has 1 amide bonds. The minimum absolute atomic E-state index is 0.119. The Morgan fingerprint density at radius 3 is 2.82 bits per heavy atom. The largest absolute Gasteiger partial charge is 0.464 e. The number of hydrogen-bond donors (Lipinski definition) is 0. The molecule has 6 nitrogen and oxygen atoms in total. The van der Waals surface area contributed by atoms with E-state index in [2.05, 4.69) is 4.98 Å². The van der Waals surface area contributed by atoms with Gasteiger partial charge in [-0.05, 0) is 18.1 Å². The zero-order valence-electron chi connectivity index (χ0n) is 12.2. The number of hydrogen-bond acceptors (Lipinski definition) is 5. The summed E-state index contributed by atoms with van der Waals surface area (Å²) in [5, 5.41) is 0. The highest BCUT2D eigenvalue weighted by Gasteiger charge is 2.36. The quantitative estimate of drug-likeness (QED) is 0.808. The number of fused-ring (bicyclic) bond motifs is 1. The van der Waals surface area contributed by atoms with Gasteiger partial charge in [-0.2, -0.15) is 0 Å². The first-order chi connectivity index (χ1) is 10.7. The van der Waals surface area contributed by atoms with Crippen molar-refractivity contribution in [2.45, 2.75) is 25.9 Å². The predicted molar refractivity (Wildman–Crippen MR) is 76.9 cm³/mol. The van der Waals surface area contributed by atoms with Gasteiger partial charge in [0.2, 0.25) is 5.76 Å². The average Bonchev–Trinajstić information content (AvgIpc) is 3.07. The van der Waals surface area contributed by atoms with E-state index in [1.807, 2.05) is 24.3 Å². The van der Waals surface area contributed by atoms with Crippen LogP contribution in [0.4, 0.5) is 0 Å². The van der Waals surface area contributed by atoms with Gasteiger partial charge in [0.25, 0.3) is 5.91 Å². The highest BCUT2D eigenvalue weighted by Crippen LogP contribution is 2.25. The minimum atomic E-state index is -0.646. The highest BCUT2D eigenvalue weighted by molar-refractivity contribution is 5.94. The molecule has 0 fully saturated rings. The lowest BCUT2D eigenvalue weighted by Gasteiger charge is -2.34. The summed E-state index contributed by atoms with van der Waals surface area (Å²) in [7, 11) is 0. The third kappa shape index (κ3) is 2.59. The fourth-order valence-electron chi connectivity index (χ4n) is 2.65. The molecule has 1 aromatic heterocycles. The smallest absolute Gasteiger partial charge is 0.329 e. The maximum absolute atomic E-state index is 12.6. The van der Waals surface area contributed by atoms with Crippen molar-refractivity contribution in [3.63, 3.8) is 0 Å². The lowest BCUT2D eigenvalue weighted by atomic mass is 9.93. The molecule has 2 heterocycles. The van der Waals surface area contributed by atoms with Gasteiger partial charge in [-0.25, -0.2) is 9.78 Å². The predicted octanol–water partition coefficient (Wildman–Crippen LogP) is 1.80. The number of carbonyl (C=O) groups excluding carboxylic acids is 2. The van der Waals surface area contributed by atoms with Crippen LogP contribution in [0.2, 0.25) is 0 Å². The minimum Gasteiger partial charge on any atom is -0.464 e. The summed E-state index contributed by atoms with van der Waals surface area (Å²) in [5.74, 6) is -0.636. The molecule has 22 heavy (non-hydrogen) atoms. The van der Waals surface area contributed by atoms with Crippen molar-refractivity contribution in [1.82, 2.24) is 9.88 Å². The van der Waals surface area contributed by atoms with Gasteiger partial charge in [0.05, 0.1) is 12.8 Å². The summed E-state index contributed by atoms with van der Waals surface area (Å²) in [4.78, 5) is 30.0. The number of oxazole rings is 1. The highest BCUT2D eigenvalue weighted by atomic mass is 16.5. The van der Waals surface area contributed by atoms with Crippen LogP contribution in [0, 0.1) is 0 Å². The number of nitrogens with zero attached hydrogens (tertiary/aromatic N) is 2. The molecular weight excluding hydrogens is 284 g/mol. The molecule has 0 bridgehead atoms. The molecule has 1 aliphatic rings. The van der Waals surface area contributed by atoms with Crippen LogP contribution in [0.1, 0.15) is 28.6 Å². The third-order valence-electron chi connectivity index (χ3n) is 3.71. The molecule has 1 atom stereocenters. The second-order valence-electron chi connectivity index (χ2n) is 5.04. The van der Waals surface area contributed by atoms with Crippen molar-refractivity contribution < 1.29 is 18.7 Å². The normalized spacial score (nSPS) is 17.0. The first-order valence-corrected chi connectivity index (χ1v) is 7.13. The van der Waals surface area contributed by atoms with Crippen molar-refractivity contribution in [2.75, 3.05) is 6.61 Å². The van der Waals surface area contributed by atoms with E-state index in [1.165, 1.54) is 17.5 Å². The Labute approximate surface area is 127 Å². The molecule has 0 saturated heterocycles. The molecule has 3 rings (SSSR count). The fraction of sp³-hybridized carbons (Fsp3) is 0.312. The topological polar surface area (TPSA) is 72.6 Å². The molecule has 114 valence electrons. The first kappa shape index (κ1) is 14.3. The van der Waals surface area contributed by atoms with E-state index in [0.29, 0.717) is 13.0 Å². The number of esters is 1. The van der Waals surface area contributed by atoms with Gasteiger partial charge in [0.15, 0.2) is 6.39 Å². The Balaban J connectivity index is 1.94. The Morgan fingerprint density at radius 2 is 2.14 bits per heavy atom. The average molecular weight is 300 g/mol. The molecule has 0 aliphatic carbocycles. The van der Waals surface area contributed by atoms with Crippen molar-refractivity contribution in [2.24, 2.45) is 0 Å². The summed E-state index contributed by atoms with van der Waals surface area (Å²) in [6.45, 7) is 2.37. The van der Waals surface area contributed by atoms with Crippen molar-refractivity contribution in [3.05, 3.63) is 53.7 Å². The van der Waals surface area contributed by atoms with Crippen LogP contribution < -0.4 is 0 Å². The number of benzene rings is 1. The number of rotatable bonds is 3. The van der Waals surface area contributed by atoms with Gasteiger partial charge >= 0.3 is 5.97 Å². The van der Waals surface area contributed by atoms with Gasteiger partial charge in [0.1, 0.15) is 6.04 Å². The van der Waals surface area contributed by atoms with E-state index in [0.717, 1.165) is 11.1 Å². The summed E-state index contributed by atoms with van der Waals surface area (Å²) >= 11 is 0. The van der Waals surface area contributed by atoms with Crippen LogP contribution in [0.25, 0.3) is 0 Å².